The minimum absolute atomic E-state index is 0.238. The van der Waals surface area contributed by atoms with Crippen molar-refractivity contribution in [3.8, 4) is 0 Å². The fraction of sp³-hybridized carbons (Fsp3) is 0.231. The van der Waals surface area contributed by atoms with Gasteiger partial charge in [-0.1, -0.05) is 12.1 Å². The second-order valence-corrected chi connectivity index (χ2v) is 4.20. The number of benzene rings is 1. The first-order chi connectivity index (χ1) is 8.49. The van der Waals surface area contributed by atoms with Crippen molar-refractivity contribution in [3.63, 3.8) is 0 Å². The second kappa shape index (κ2) is 4.70. The SMILES string of the molecule is Cc1cc(C(N)c2ccc(F)cc2)c(=O)n(C)n1. The zero-order valence-electron chi connectivity index (χ0n) is 10.2. The maximum Gasteiger partial charge on any atom is 0.271 e. The highest BCUT2D eigenvalue weighted by molar-refractivity contribution is 5.30. The fourth-order valence-electron chi connectivity index (χ4n) is 1.86. The highest BCUT2D eigenvalue weighted by atomic mass is 19.1. The van der Waals surface area contributed by atoms with Gasteiger partial charge in [0.1, 0.15) is 5.82 Å². The third kappa shape index (κ3) is 2.31. The van der Waals surface area contributed by atoms with Crippen LogP contribution in [0.1, 0.15) is 22.9 Å². The Bertz CT molecular complexity index is 619. The number of hydrogen-bond acceptors (Lipinski definition) is 3. The lowest BCUT2D eigenvalue weighted by Crippen LogP contribution is -2.29. The van der Waals surface area contributed by atoms with Crippen molar-refractivity contribution >= 4 is 0 Å². The number of halogens is 1. The van der Waals surface area contributed by atoms with E-state index < -0.39 is 6.04 Å². The number of aryl methyl sites for hydroxylation is 2. The van der Waals surface area contributed by atoms with Gasteiger partial charge in [-0.05, 0) is 30.7 Å². The van der Waals surface area contributed by atoms with Gasteiger partial charge in [-0.3, -0.25) is 4.79 Å². The summed E-state index contributed by atoms with van der Waals surface area (Å²) >= 11 is 0. The number of nitrogens with two attached hydrogens (primary N) is 1. The Morgan fingerprint density at radius 3 is 2.56 bits per heavy atom. The fourth-order valence-corrected chi connectivity index (χ4v) is 1.86. The highest BCUT2D eigenvalue weighted by Gasteiger charge is 2.14. The molecular formula is C13H14FN3O. The summed E-state index contributed by atoms with van der Waals surface area (Å²) in [7, 11) is 1.58. The second-order valence-electron chi connectivity index (χ2n) is 4.20. The predicted molar refractivity (Wildman–Crippen MR) is 66.6 cm³/mol. The Kier molecular flexibility index (Phi) is 3.25. The molecule has 0 aliphatic heterocycles. The summed E-state index contributed by atoms with van der Waals surface area (Å²) in [5, 5.41) is 4.01. The van der Waals surface area contributed by atoms with Gasteiger partial charge in [0.2, 0.25) is 0 Å². The van der Waals surface area contributed by atoms with E-state index in [0.717, 1.165) is 0 Å². The summed E-state index contributed by atoms with van der Waals surface area (Å²) in [5.41, 5.74) is 7.66. The molecule has 1 atom stereocenters. The molecule has 2 rings (SSSR count). The van der Waals surface area contributed by atoms with Gasteiger partial charge < -0.3 is 5.73 Å². The van der Waals surface area contributed by atoms with Crippen molar-refractivity contribution in [3.05, 3.63) is 63.3 Å². The van der Waals surface area contributed by atoms with Crippen LogP contribution in [-0.4, -0.2) is 9.78 Å². The maximum absolute atomic E-state index is 12.8. The van der Waals surface area contributed by atoms with Crippen molar-refractivity contribution in [2.75, 3.05) is 0 Å². The zero-order valence-corrected chi connectivity index (χ0v) is 10.2. The van der Waals surface area contributed by atoms with E-state index in [2.05, 4.69) is 5.10 Å². The lowest BCUT2D eigenvalue weighted by Gasteiger charge is -2.13. The van der Waals surface area contributed by atoms with E-state index in [1.807, 2.05) is 0 Å². The Hall–Kier alpha value is -2.01. The average Bonchev–Trinajstić information content (AvgIpc) is 2.34. The number of aromatic nitrogens is 2. The molecule has 1 aromatic carbocycles. The van der Waals surface area contributed by atoms with Gasteiger partial charge >= 0.3 is 0 Å². The molecule has 0 fully saturated rings. The molecule has 0 saturated heterocycles. The summed E-state index contributed by atoms with van der Waals surface area (Å²) in [6.07, 6.45) is 0. The first-order valence-electron chi connectivity index (χ1n) is 5.55. The molecule has 1 heterocycles. The lowest BCUT2D eigenvalue weighted by atomic mass is 10.0. The normalized spacial score (nSPS) is 12.4. The minimum atomic E-state index is -0.578. The molecule has 0 amide bonds. The first kappa shape index (κ1) is 12.4. The molecule has 0 aliphatic carbocycles. The van der Waals surface area contributed by atoms with Crippen molar-refractivity contribution in [2.24, 2.45) is 12.8 Å². The van der Waals surface area contributed by atoms with Gasteiger partial charge in [0.15, 0.2) is 0 Å². The van der Waals surface area contributed by atoms with Crippen molar-refractivity contribution in [2.45, 2.75) is 13.0 Å². The van der Waals surface area contributed by atoms with Crippen molar-refractivity contribution in [1.82, 2.24) is 9.78 Å². The summed E-state index contributed by atoms with van der Waals surface area (Å²) in [5.74, 6) is -0.329. The average molecular weight is 247 g/mol. The van der Waals surface area contributed by atoms with Gasteiger partial charge in [0, 0.05) is 12.6 Å². The largest absolute Gasteiger partial charge is 0.320 e. The van der Waals surface area contributed by atoms with Crippen LogP contribution in [0.4, 0.5) is 4.39 Å². The molecule has 1 unspecified atom stereocenters. The number of rotatable bonds is 2. The van der Waals surface area contributed by atoms with Crippen LogP contribution in [0.15, 0.2) is 35.1 Å². The highest BCUT2D eigenvalue weighted by Crippen LogP contribution is 2.17. The van der Waals surface area contributed by atoms with Crippen LogP contribution in [-0.2, 0) is 7.05 Å². The van der Waals surface area contributed by atoms with Crippen molar-refractivity contribution in [1.29, 1.82) is 0 Å². The summed E-state index contributed by atoms with van der Waals surface area (Å²) < 4.78 is 14.1. The van der Waals surface area contributed by atoms with E-state index in [-0.39, 0.29) is 11.4 Å². The maximum atomic E-state index is 12.8. The van der Waals surface area contributed by atoms with Gasteiger partial charge in [-0.15, -0.1) is 0 Å². The van der Waals surface area contributed by atoms with E-state index in [4.69, 9.17) is 5.73 Å². The van der Waals surface area contributed by atoms with Crippen LogP contribution < -0.4 is 11.3 Å². The van der Waals surface area contributed by atoms with Crippen LogP contribution in [0.2, 0.25) is 0 Å². The Labute approximate surface area is 104 Å². The van der Waals surface area contributed by atoms with E-state index in [0.29, 0.717) is 16.8 Å². The van der Waals surface area contributed by atoms with Crippen LogP contribution in [0.3, 0.4) is 0 Å². The predicted octanol–water partition coefficient (Wildman–Crippen LogP) is 1.28. The summed E-state index contributed by atoms with van der Waals surface area (Å²) in [6.45, 7) is 1.79. The van der Waals surface area contributed by atoms with E-state index in [9.17, 15) is 9.18 Å². The van der Waals surface area contributed by atoms with Gasteiger partial charge in [0.05, 0.1) is 11.7 Å². The molecule has 0 radical (unpaired) electrons. The minimum Gasteiger partial charge on any atom is -0.320 e. The molecule has 0 saturated carbocycles. The molecule has 4 nitrogen and oxygen atoms in total. The van der Waals surface area contributed by atoms with Gasteiger partial charge in [-0.2, -0.15) is 5.10 Å². The van der Waals surface area contributed by atoms with Crippen LogP contribution in [0, 0.1) is 12.7 Å². The molecule has 0 spiro atoms. The topological polar surface area (TPSA) is 60.9 Å². The third-order valence-electron chi connectivity index (χ3n) is 2.78. The van der Waals surface area contributed by atoms with E-state index in [1.54, 1.807) is 32.2 Å². The standard InChI is InChI=1S/C13H14FN3O/c1-8-7-11(13(18)17(2)16-8)12(15)9-3-5-10(14)6-4-9/h3-7,12H,15H2,1-2H3. The molecule has 2 N–H and O–H groups in total. The molecule has 0 aliphatic rings. The molecule has 1 aromatic heterocycles. The van der Waals surface area contributed by atoms with E-state index >= 15 is 0 Å². The van der Waals surface area contributed by atoms with Crippen LogP contribution >= 0.6 is 0 Å². The summed E-state index contributed by atoms with van der Waals surface area (Å²) in [4.78, 5) is 11.9. The molecule has 5 heteroatoms. The van der Waals surface area contributed by atoms with E-state index in [1.165, 1.54) is 16.8 Å². The Morgan fingerprint density at radius 1 is 1.33 bits per heavy atom. The number of hydrogen-bond donors (Lipinski definition) is 1. The van der Waals surface area contributed by atoms with Gasteiger partial charge in [0.25, 0.3) is 5.56 Å². The van der Waals surface area contributed by atoms with Crippen molar-refractivity contribution < 1.29 is 4.39 Å². The quantitative estimate of drug-likeness (QED) is 0.869. The third-order valence-corrected chi connectivity index (χ3v) is 2.78. The van der Waals surface area contributed by atoms with Crippen LogP contribution in [0.5, 0.6) is 0 Å². The zero-order chi connectivity index (χ0) is 13.3. The van der Waals surface area contributed by atoms with Crippen LogP contribution in [0.25, 0.3) is 0 Å². The summed E-state index contributed by atoms with van der Waals surface area (Å²) in [6, 6.07) is 6.90. The number of nitrogens with zero attached hydrogens (tertiary/aromatic N) is 2. The Morgan fingerprint density at radius 2 is 1.94 bits per heavy atom. The molecule has 2 aromatic rings. The smallest absolute Gasteiger partial charge is 0.271 e. The lowest BCUT2D eigenvalue weighted by molar-refractivity contribution is 0.625. The first-order valence-corrected chi connectivity index (χ1v) is 5.55. The van der Waals surface area contributed by atoms with Gasteiger partial charge in [-0.25, -0.2) is 9.07 Å². The Balaban J connectivity index is 2.49. The monoisotopic (exact) mass is 247 g/mol. The molecule has 94 valence electrons. The molecule has 0 bridgehead atoms. The molecule has 18 heavy (non-hydrogen) atoms. The molecular weight excluding hydrogens is 233 g/mol.